The van der Waals surface area contributed by atoms with Crippen molar-refractivity contribution in [2.24, 2.45) is 5.73 Å². The second kappa shape index (κ2) is 10.3. The summed E-state index contributed by atoms with van der Waals surface area (Å²) in [6.07, 6.45) is 1.71. The van der Waals surface area contributed by atoms with Crippen LogP contribution in [0.2, 0.25) is 0 Å². The molecule has 2 rings (SSSR count). The third-order valence-corrected chi connectivity index (χ3v) is 4.36. The number of halogens is 2. The Morgan fingerprint density at radius 1 is 1.19 bits per heavy atom. The maximum Gasteiger partial charge on any atom is 0.320 e. The molecule has 0 saturated carbocycles. The topological polar surface area (TPSA) is 112 Å². The van der Waals surface area contributed by atoms with Crippen LogP contribution in [0.3, 0.4) is 0 Å². The van der Waals surface area contributed by atoms with Crippen LogP contribution in [0, 0.1) is 0 Å². The molecule has 7 nitrogen and oxygen atoms in total. The number of ketones is 1. The van der Waals surface area contributed by atoms with Crippen molar-refractivity contribution >= 4 is 40.6 Å². The van der Waals surface area contributed by atoms with Crippen molar-refractivity contribution in [3.63, 3.8) is 0 Å². The van der Waals surface area contributed by atoms with E-state index in [0.29, 0.717) is 30.5 Å². The standard InChI is InChI=1S/C18H22Cl2N4O3/c19-5-7-24(8-6-20)14-3-1-12(2-4-14)9-16(25)17-22-11-13(23-17)10-15(21)18(26)27/h1-4,11,15H,5-10,21H2,(H,22,23)(H,26,27). The van der Waals surface area contributed by atoms with Gasteiger partial charge in [0.1, 0.15) is 6.04 Å². The number of nitrogens with one attached hydrogen (secondary N) is 1. The van der Waals surface area contributed by atoms with E-state index in [1.165, 1.54) is 6.20 Å². The first-order valence-electron chi connectivity index (χ1n) is 8.46. The number of aromatic amines is 1. The molecule has 9 heteroatoms. The van der Waals surface area contributed by atoms with Crippen LogP contribution in [0.1, 0.15) is 21.9 Å². The molecular weight excluding hydrogens is 391 g/mol. The molecule has 1 unspecified atom stereocenters. The summed E-state index contributed by atoms with van der Waals surface area (Å²) in [6.45, 7) is 1.39. The minimum absolute atomic E-state index is 0.0846. The third-order valence-electron chi connectivity index (χ3n) is 4.02. The summed E-state index contributed by atoms with van der Waals surface area (Å²) in [7, 11) is 0. The molecule has 27 heavy (non-hydrogen) atoms. The lowest BCUT2D eigenvalue weighted by atomic mass is 10.1. The van der Waals surface area contributed by atoms with Gasteiger partial charge in [-0.1, -0.05) is 12.1 Å². The van der Waals surface area contributed by atoms with Gasteiger partial charge >= 0.3 is 5.97 Å². The van der Waals surface area contributed by atoms with Gasteiger partial charge in [-0.15, -0.1) is 23.2 Å². The van der Waals surface area contributed by atoms with E-state index < -0.39 is 12.0 Å². The van der Waals surface area contributed by atoms with Crippen molar-refractivity contribution < 1.29 is 14.7 Å². The van der Waals surface area contributed by atoms with E-state index in [0.717, 1.165) is 11.3 Å². The number of hydrogen-bond donors (Lipinski definition) is 3. The number of benzene rings is 1. The lowest BCUT2D eigenvalue weighted by Crippen LogP contribution is -2.32. The van der Waals surface area contributed by atoms with Crippen LogP contribution in [0.25, 0.3) is 0 Å². The average Bonchev–Trinajstić information content (AvgIpc) is 3.11. The molecule has 0 saturated heterocycles. The molecular formula is C18H22Cl2N4O3. The number of H-pyrrole nitrogens is 1. The summed E-state index contributed by atoms with van der Waals surface area (Å²) in [5.41, 5.74) is 7.84. The second-order valence-corrected chi connectivity index (χ2v) is 6.79. The zero-order valence-corrected chi connectivity index (χ0v) is 16.2. The van der Waals surface area contributed by atoms with Crippen molar-refractivity contribution in [3.05, 3.63) is 47.5 Å². The third kappa shape index (κ3) is 6.23. The van der Waals surface area contributed by atoms with Gasteiger partial charge in [0.15, 0.2) is 5.82 Å². The quantitative estimate of drug-likeness (QED) is 0.384. The number of anilines is 1. The zero-order valence-electron chi connectivity index (χ0n) is 14.7. The van der Waals surface area contributed by atoms with Crippen LogP contribution in [-0.2, 0) is 17.6 Å². The van der Waals surface area contributed by atoms with E-state index in [2.05, 4.69) is 14.9 Å². The molecule has 2 aromatic rings. The molecule has 1 aromatic heterocycles. The fraction of sp³-hybridized carbons (Fsp3) is 0.389. The first kappa shape index (κ1) is 21.2. The smallest absolute Gasteiger partial charge is 0.320 e. The average molecular weight is 413 g/mol. The Bertz CT molecular complexity index is 758. The highest BCUT2D eigenvalue weighted by molar-refractivity contribution is 6.18. The minimum Gasteiger partial charge on any atom is -0.480 e. The number of nitrogens with zero attached hydrogens (tertiary/aromatic N) is 2. The molecule has 0 fully saturated rings. The molecule has 0 aliphatic rings. The van der Waals surface area contributed by atoms with E-state index in [-0.39, 0.29) is 24.4 Å². The summed E-state index contributed by atoms with van der Waals surface area (Å²) in [5, 5.41) is 8.84. The van der Waals surface area contributed by atoms with Gasteiger partial charge in [-0.05, 0) is 17.7 Å². The molecule has 0 aliphatic carbocycles. The van der Waals surface area contributed by atoms with Gasteiger partial charge < -0.3 is 20.7 Å². The Hall–Kier alpha value is -2.09. The van der Waals surface area contributed by atoms with Crippen molar-refractivity contribution in [3.8, 4) is 0 Å². The van der Waals surface area contributed by atoms with Crippen LogP contribution < -0.4 is 10.6 Å². The lowest BCUT2D eigenvalue weighted by molar-refractivity contribution is -0.138. The molecule has 0 bridgehead atoms. The van der Waals surface area contributed by atoms with Crippen LogP contribution in [0.15, 0.2) is 30.5 Å². The Labute approximate surface area is 167 Å². The number of Topliss-reactive ketones (excluding diaryl/α,β-unsaturated/α-hetero) is 1. The second-order valence-electron chi connectivity index (χ2n) is 6.04. The monoisotopic (exact) mass is 412 g/mol. The molecule has 0 spiro atoms. The molecule has 0 aliphatic heterocycles. The predicted molar refractivity (Wildman–Crippen MR) is 106 cm³/mol. The summed E-state index contributed by atoms with van der Waals surface area (Å²) in [4.78, 5) is 32.1. The molecule has 4 N–H and O–H groups in total. The highest BCUT2D eigenvalue weighted by Crippen LogP contribution is 2.17. The number of carbonyl (C=O) groups excluding carboxylic acids is 1. The largest absolute Gasteiger partial charge is 0.480 e. The molecule has 146 valence electrons. The highest BCUT2D eigenvalue weighted by Gasteiger charge is 2.16. The van der Waals surface area contributed by atoms with Gasteiger partial charge in [0.05, 0.1) is 0 Å². The fourth-order valence-electron chi connectivity index (χ4n) is 2.60. The Balaban J connectivity index is 1.99. The minimum atomic E-state index is -1.10. The number of carboxylic acids is 1. The van der Waals surface area contributed by atoms with Crippen LogP contribution in [0.4, 0.5) is 5.69 Å². The van der Waals surface area contributed by atoms with Gasteiger partial charge in [0, 0.05) is 55.3 Å². The number of carboxylic acid groups (broad SMARTS) is 1. The number of imidazole rings is 1. The molecule has 1 aromatic carbocycles. The van der Waals surface area contributed by atoms with E-state index in [4.69, 9.17) is 34.0 Å². The van der Waals surface area contributed by atoms with Crippen molar-refractivity contribution in [2.75, 3.05) is 29.7 Å². The summed E-state index contributed by atoms with van der Waals surface area (Å²) in [6, 6.07) is 6.59. The number of alkyl halides is 2. The normalized spacial score (nSPS) is 12.0. The predicted octanol–water partition coefficient (Wildman–Crippen LogP) is 2.07. The number of aromatic nitrogens is 2. The SMILES string of the molecule is NC(Cc1cnc(C(=O)Cc2ccc(N(CCCl)CCCl)cc2)[nH]1)C(=O)O. The van der Waals surface area contributed by atoms with Crippen LogP contribution in [-0.4, -0.2) is 57.7 Å². The van der Waals surface area contributed by atoms with Crippen molar-refractivity contribution in [1.82, 2.24) is 9.97 Å². The molecule has 0 radical (unpaired) electrons. The van der Waals surface area contributed by atoms with E-state index in [1.54, 1.807) is 0 Å². The highest BCUT2D eigenvalue weighted by atomic mass is 35.5. The maximum absolute atomic E-state index is 12.4. The van der Waals surface area contributed by atoms with Gasteiger partial charge in [0.2, 0.25) is 5.78 Å². The van der Waals surface area contributed by atoms with Crippen molar-refractivity contribution in [1.29, 1.82) is 0 Å². The Morgan fingerprint density at radius 3 is 2.37 bits per heavy atom. The van der Waals surface area contributed by atoms with Crippen LogP contribution >= 0.6 is 23.2 Å². The first-order chi connectivity index (χ1) is 12.9. The van der Waals surface area contributed by atoms with Gasteiger partial charge in [-0.2, -0.15) is 0 Å². The lowest BCUT2D eigenvalue weighted by Gasteiger charge is -2.23. The maximum atomic E-state index is 12.4. The summed E-state index contributed by atoms with van der Waals surface area (Å²) >= 11 is 11.6. The van der Waals surface area contributed by atoms with Gasteiger partial charge in [-0.3, -0.25) is 9.59 Å². The number of carbonyl (C=O) groups is 2. The number of nitrogens with two attached hydrogens (primary N) is 1. The van der Waals surface area contributed by atoms with E-state index in [9.17, 15) is 9.59 Å². The summed E-state index contributed by atoms with van der Waals surface area (Å²) in [5.74, 6) is -0.0868. The van der Waals surface area contributed by atoms with Crippen molar-refractivity contribution in [2.45, 2.75) is 18.9 Å². The van der Waals surface area contributed by atoms with Gasteiger partial charge in [0.25, 0.3) is 0 Å². The van der Waals surface area contributed by atoms with E-state index in [1.807, 2.05) is 24.3 Å². The molecule has 1 heterocycles. The fourth-order valence-corrected chi connectivity index (χ4v) is 3.00. The molecule has 1 atom stereocenters. The number of hydrogen-bond acceptors (Lipinski definition) is 5. The number of rotatable bonds is 11. The van der Waals surface area contributed by atoms with E-state index >= 15 is 0 Å². The molecule has 0 amide bonds. The summed E-state index contributed by atoms with van der Waals surface area (Å²) < 4.78 is 0. The Kier molecular flexibility index (Phi) is 8.09. The van der Waals surface area contributed by atoms with Crippen LogP contribution in [0.5, 0.6) is 0 Å². The Morgan fingerprint density at radius 2 is 1.81 bits per heavy atom. The van der Waals surface area contributed by atoms with Gasteiger partial charge in [-0.25, -0.2) is 4.98 Å². The number of aliphatic carboxylic acids is 1. The first-order valence-corrected chi connectivity index (χ1v) is 9.52. The zero-order chi connectivity index (χ0) is 19.8.